The van der Waals surface area contributed by atoms with Gasteiger partial charge in [-0.3, -0.25) is 0 Å². The Labute approximate surface area is 130 Å². The van der Waals surface area contributed by atoms with Gasteiger partial charge in [-0.1, -0.05) is 24.4 Å². The van der Waals surface area contributed by atoms with E-state index in [-0.39, 0.29) is 6.04 Å². The molecule has 21 heavy (non-hydrogen) atoms. The maximum atomic E-state index is 10.6. The van der Waals surface area contributed by atoms with E-state index in [0.717, 1.165) is 31.4 Å². The van der Waals surface area contributed by atoms with E-state index >= 15 is 0 Å². The van der Waals surface area contributed by atoms with E-state index in [9.17, 15) is 5.11 Å². The molecule has 1 aromatic carbocycles. The van der Waals surface area contributed by atoms with Crippen molar-refractivity contribution in [2.24, 2.45) is 0 Å². The molecule has 1 fully saturated rings. The molecule has 0 aliphatic carbocycles. The molecule has 0 amide bonds. The van der Waals surface area contributed by atoms with E-state index in [1.54, 1.807) is 6.07 Å². The molecule has 0 aromatic heterocycles. The minimum Gasteiger partial charge on any atom is -0.489 e. The summed E-state index contributed by atoms with van der Waals surface area (Å²) < 4.78 is 11.3. The van der Waals surface area contributed by atoms with Crippen molar-refractivity contribution in [2.45, 2.75) is 44.2 Å². The van der Waals surface area contributed by atoms with Gasteiger partial charge < -0.3 is 19.9 Å². The van der Waals surface area contributed by atoms with E-state index in [1.807, 2.05) is 6.07 Å². The van der Waals surface area contributed by atoms with Gasteiger partial charge in [0.15, 0.2) is 11.5 Å². The van der Waals surface area contributed by atoms with Gasteiger partial charge in [0.1, 0.15) is 0 Å². The second kappa shape index (κ2) is 6.86. The Morgan fingerprint density at radius 1 is 1.14 bits per heavy atom. The lowest BCUT2D eigenvalue weighted by Crippen LogP contribution is -2.34. The zero-order valence-electron chi connectivity index (χ0n) is 12.1. The van der Waals surface area contributed by atoms with Gasteiger partial charge in [0.05, 0.1) is 24.3 Å². The highest BCUT2D eigenvalue weighted by atomic mass is 35.5. The van der Waals surface area contributed by atoms with Gasteiger partial charge in [0.25, 0.3) is 0 Å². The Morgan fingerprint density at radius 3 is 2.90 bits per heavy atom. The second-order valence-corrected chi connectivity index (χ2v) is 6.14. The summed E-state index contributed by atoms with van der Waals surface area (Å²) in [6, 6.07) is 3.74. The molecule has 0 saturated carbocycles. The highest BCUT2D eigenvalue weighted by molar-refractivity contribution is 6.32. The van der Waals surface area contributed by atoms with Crippen LogP contribution >= 0.6 is 11.6 Å². The Kier molecular flexibility index (Phi) is 4.88. The summed E-state index contributed by atoms with van der Waals surface area (Å²) in [6.45, 7) is 2.18. The molecule has 2 unspecified atom stereocenters. The van der Waals surface area contributed by atoms with Crippen molar-refractivity contribution in [3.8, 4) is 11.5 Å². The van der Waals surface area contributed by atoms with Gasteiger partial charge in [-0.25, -0.2) is 0 Å². The first kappa shape index (κ1) is 14.9. The zero-order chi connectivity index (χ0) is 14.7. The van der Waals surface area contributed by atoms with Crippen molar-refractivity contribution in [2.75, 3.05) is 19.8 Å². The number of benzene rings is 1. The molecule has 2 heterocycles. The third-order valence-electron chi connectivity index (χ3n) is 4.15. The number of ether oxygens (including phenoxy) is 2. The number of aliphatic hydroxyl groups excluding tert-OH is 1. The molecule has 2 aliphatic rings. The van der Waals surface area contributed by atoms with Crippen molar-refractivity contribution < 1.29 is 14.6 Å². The van der Waals surface area contributed by atoms with Gasteiger partial charge >= 0.3 is 0 Å². The minimum atomic E-state index is -0.572. The zero-order valence-corrected chi connectivity index (χ0v) is 12.9. The summed E-state index contributed by atoms with van der Waals surface area (Å²) in [6.07, 6.45) is 4.79. The van der Waals surface area contributed by atoms with Crippen LogP contribution in [0.5, 0.6) is 11.5 Å². The molecule has 116 valence electrons. The SMILES string of the molecule is OC(c1cc(Cl)c2c(c1)OCCCO2)C1CCCCCN1. The predicted octanol–water partition coefficient (Wildman–Crippen LogP) is 3.07. The fraction of sp³-hybridized carbons (Fsp3) is 0.625. The van der Waals surface area contributed by atoms with Crippen LogP contribution < -0.4 is 14.8 Å². The van der Waals surface area contributed by atoms with Crippen LogP contribution in [-0.4, -0.2) is 30.9 Å². The van der Waals surface area contributed by atoms with Crippen molar-refractivity contribution in [3.05, 3.63) is 22.7 Å². The Balaban J connectivity index is 1.84. The largest absolute Gasteiger partial charge is 0.489 e. The normalized spacial score (nSPS) is 24.0. The van der Waals surface area contributed by atoms with Crippen LogP contribution in [0.25, 0.3) is 0 Å². The lowest BCUT2D eigenvalue weighted by molar-refractivity contribution is 0.126. The first-order chi connectivity index (χ1) is 10.3. The molecular weight excluding hydrogens is 290 g/mol. The third-order valence-corrected chi connectivity index (χ3v) is 4.43. The number of halogens is 1. The van der Waals surface area contributed by atoms with Crippen molar-refractivity contribution in [3.63, 3.8) is 0 Å². The molecule has 5 heteroatoms. The van der Waals surface area contributed by atoms with Crippen molar-refractivity contribution >= 4 is 11.6 Å². The Bertz CT molecular complexity index is 487. The number of hydrogen-bond donors (Lipinski definition) is 2. The van der Waals surface area contributed by atoms with Gasteiger partial charge in [-0.05, 0) is 37.1 Å². The molecule has 0 bridgehead atoms. The van der Waals surface area contributed by atoms with Crippen LogP contribution in [0.1, 0.15) is 43.8 Å². The Morgan fingerprint density at radius 2 is 2.00 bits per heavy atom. The Hall–Kier alpha value is -0.970. The van der Waals surface area contributed by atoms with Crippen LogP contribution in [0.3, 0.4) is 0 Å². The average molecular weight is 312 g/mol. The molecule has 0 radical (unpaired) electrons. The van der Waals surface area contributed by atoms with Gasteiger partial charge in [0, 0.05) is 12.5 Å². The minimum absolute atomic E-state index is 0.0771. The molecule has 0 spiro atoms. The molecule has 1 saturated heterocycles. The van der Waals surface area contributed by atoms with Crippen molar-refractivity contribution in [1.82, 2.24) is 5.32 Å². The molecule has 2 atom stereocenters. The summed E-state index contributed by atoms with van der Waals surface area (Å²) >= 11 is 6.30. The maximum Gasteiger partial charge on any atom is 0.179 e. The summed E-state index contributed by atoms with van der Waals surface area (Å²) in [5.74, 6) is 1.24. The standard InChI is InChI=1S/C16H22ClNO3/c17-12-9-11(10-14-16(12)21-8-4-7-20-14)15(19)13-5-2-1-3-6-18-13/h9-10,13,15,18-19H,1-8H2. The highest BCUT2D eigenvalue weighted by Crippen LogP contribution is 2.40. The van der Waals surface area contributed by atoms with Crippen LogP contribution in [-0.2, 0) is 0 Å². The number of fused-ring (bicyclic) bond motifs is 1. The van der Waals surface area contributed by atoms with E-state index in [2.05, 4.69) is 5.32 Å². The first-order valence-electron chi connectivity index (χ1n) is 7.76. The number of nitrogens with one attached hydrogen (secondary N) is 1. The van der Waals surface area contributed by atoms with Gasteiger partial charge in [-0.15, -0.1) is 0 Å². The van der Waals surface area contributed by atoms with Crippen LogP contribution in [0.15, 0.2) is 12.1 Å². The first-order valence-corrected chi connectivity index (χ1v) is 8.14. The summed E-state index contributed by atoms with van der Waals surface area (Å²) in [5.41, 5.74) is 0.795. The molecule has 2 aliphatic heterocycles. The monoisotopic (exact) mass is 311 g/mol. The lowest BCUT2D eigenvalue weighted by Gasteiger charge is -2.23. The number of aliphatic hydroxyl groups is 1. The third kappa shape index (κ3) is 3.44. The van der Waals surface area contributed by atoms with E-state index in [4.69, 9.17) is 21.1 Å². The fourth-order valence-electron chi connectivity index (χ4n) is 2.98. The second-order valence-electron chi connectivity index (χ2n) is 5.74. The van der Waals surface area contributed by atoms with E-state index in [1.165, 1.54) is 12.8 Å². The van der Waals surface area contributed by atoms with E-state index in [0.29, 0.717) is 29.7 Å². The van der Waals surface area contributed by atoms with Crippen LogP contribution in [0.2, 0.25) is 5.02 Å². The van der Waals surface area contributed by atoms with E-state index < -0.39 is 6.10 Å². The van der Waals surface area contributed by atoms with Crippen molar-refractivity contribution in [1.29, 1.82) is 0 Å². The quantitative estimate of drug-likeness (QED) is 0.881. The number of rotatable bonds is 2. The van der Waals surface area contributed by atoms with Gasteiger partial charge in [-0.2, -0.15) is 0 Å². The average Bonchev–Trinajstić information content (AvgIpc) is 2.89. The maximum absolute atomic E-state index is 10.6. The molecule has 4 nitrogen and oxygen atoms in total. The molecule has 1 aromatic rings. The van der Waals surface area contributed by atoms with Crippen LogP contribution in [0, 0.1) is 0 Å². The fourth-order valence-corrected chi connectivity index (χ4v) is 3.25. The predicted molar refractivity (Wildman–Crippen MR) is 82.3 cm³/mol. The molecular formula is C16H22ClNO3. The summed E-state index contributed by atoms with van der Waals surface area (Å²) in [5, 5.41) is 14.6. The van der Waals surface area contributed by atoms with Crippen LogP contribution in [0.4, 0.5) is 0 Å². The smallest absolute Gasteiger partial charge is 0.179 e. The molecule has 2 N–H and O–H groups in total. The topological polar surface area (TPSA) is 50.7 Å². The lowest BCUT2D eigenvalue weighted by atomic mass is 9.98. The summed E-state index contributed by atoms with van der Waals surface area (Å²) in [4.78, 5) is 0. The highest BCUT2D eigenvalue weighted by Gasteiger charge is 2.25. The molecule has 3 rings (SSSR count). The summed E-state index contributed by atoms with van der Waals surface area (Å²) in [7, 11) is 0. The van der Waals surface area contributed by atoms with Gasteiger partial charge in [0.2, 0.25) is 0 Å². The number of hydrogen-bond acceptors (Lipinski definition) is 4.